The lowest BCUT2D eigenvalue weighted by atomic mass is 9.92. The Balaban J connectivity index is 1.16. The van der Waals surface area contributed by atoms with Gasteiger partial charge in [-0.05, 0) is 55.7 Å². The van der Waals surface area contributed by atoms with Gasteiger partial charge in [0.1, 0.15) is 10.9 Å². The van der Waals surface area contributed by atoms with E-state index in [9.17, 15) is 19.5 Å². The number of nitrogens with zero attached hydrogens (tertiary/aromatic N) is 5. The zero-order valence-electron chi connectivity index (χ0n) is 25.9. The number of likely N-dealkylation sites (tertiary alicyclic amines) is 1. The molecule has 2 aromatic heterocycles. The first-order valence-electron chi connectivity index (χ1n) is 15.8. The van der Waals surface area contributed by atoms with E-state index >= 15 is 0 Å². The number of hydrogen-bond acceptors (Lipinski definition) is 8. The first-order valence-corrected chi connectivity index (χ1v) is 16.7. The number of piperidine rings is 2. The number of para-hydroxylation sites is 1. The molecule has 1 aromatic carbocycles. The molecular weight excluding hydrogens is 578 g/mol. The van der Waals surface area contributed by atoms with Crippen LogP contribution in [0.15, 0.2) is 51.8 Å². The molecule has 1 N–H and O–H groups in total. The Morgan fingerprint density at radius 2 is 1.75 bits per heavy atom. The van der Waals surface area contributed by atoms with E-state index in [1.54, 1.807) is 28.6 Å². The molecule has 5 heterocycles. The van der Waals surface area contributed by atoms with Gasteiger partial charge in [0.25, 0.3) is 0 Å². The van der Waals surface area contributed by atoms with Gasteiger partial charge >= 0.3 is 5.76 Å². The number of pyridine rings is 1. The van der Waals surface area contributed by atoms with E-state index in [0.29, 0.717) is 43.7 Å². The van der Waals surface area contributed by atoms with Gasteiger partial charge in [0.15, 0.2) is 0 Å². The lowest BCUT2D eigenvalue weighted by Gasteiger charge is -2.35. The Bertz CT molecular complexity index is 1550. The van der Waals surface area contributed by atoms with E-state index in [0.717, 1.165) is 43.6 Å². The molecule has 0 saturated carbocycles. The van der Waals surface area contributed by atoms with Crippen LogP contribution in [0.25, 0.3) is 11.2 Å². The number of hydrogen-bond donors (Lipinski definition) is 1. The van der Waals surface area contributed by atoms with Gasteiger partial charge in [-0.2, -0.15) is 0 Å². The number of oxazole rings is 1. The number of fused-ring (bicyclic) bond motifs is 1. The maximum absolute atomic E-state index is 14.0. The molecule has 6 rings (SSSR count). The third-order valence-electron chi connectivity index (χ3n) is 9.18. The highest BCUT2D eigenvalue weighted by molar-refractivity contribution is 8.01. The Morgan fingerprint density at radius 1 is 1.02 bits per heavy atom. The van der Waals surface area contributed by atoms with Gasteiger partial charge in [0.05, 0.1) is 11.4 Å². The minimum absolute atomic E-state index is 0.0184. The predicted octanol–water partition coefficient (Wildman–Crippen LogP) is 4.58. The molecule has 2 atom stereocenters. The van der Waals surface area contributed by atoms with Crippen LogP contribution in [-0.2, 0) is 9.59 Å². The maximum Gasteiger partial charge on any atom is 0.421 e. The molecule has 0 bridgehead atoms. The summed E-state index contributed by atoms with van der Waals surface area (Å²) in [4.78, 5) is 50.4. The zero-order chi connectivity index (χ0) is 31.0. The Morgan fingerprint density at radius 3 is 2.48 bits per heavy atom. The summed E-state index contributed by atoms with van der Waals surface area (Å²) in [5, 5.41) is 9.45. The van der Waals surface area contributed by atoms with E-state index in [2.05, 4.69) is 42.8 Å². The summed E-state index contributed by atoms with van der Waals surface area (Å²) in [5.41, 5.74) is 3.28. The van der Waals surface area contributed by atoms with Crippen LogP contribution in [0.1, 0.15) is 76.3 Å². The van der Waals surface area contributed by atoms with Crippen LogP contribution in [-0.4, -0.2) is 80.3 Å². The van der Waals surface area contributed by atoms with Crippen molar-refractivity contribution in [2.24, 2.45) is 5.41 Å². The summed E-state index contributed by atoms with van der Waals surface area (Å²) in [7, 11) is 0. The quantitative estimate of drug-likeness (QED) is 0.408. The number of amides is 2. The molecule has 236 valence electrons. The number of carbonyl (C=O) groups is 2. The van der Waals surface area contributed by atoms with E-state index < -0.39 is 11.0 Å². The minimum Gasteiger partial charge on any atom is -0.393 e. The summed E-state index contributed by atoms with van der Waals surface area (Å²) in [5.74, 6) is -0.408. The first-order chi connectivity index (χ1) is 21.1. The van der Waals surface area contributed by atoms with Crippen molar-refractivity contribution in [3.63, 3.8) is 0 Å². The Hall–Kier alpha value is -3.31. The molecule has 2 unspecified atom stereocenters. The van der Waals surface area contributed by atoms with Crippen LogP contribution in [0.2, 0.25) is 0 Å². The fourth-order valence-electron chi connectivity index (χ4n) is 6.62. The standard InChI is InChI=1S/C33H43N5O5S/c1-33(2,3)14-20-37-30(41)27(44-31(37)24-7-4-5-8-25(24)35-18-12-23(39)13-19-35)21-28(40)36-16-10-22(11-17-36)38-26-9-6-15-34-29(26)43-32(38)42/h4-9,15,22-23,27,31,39H,10-14,16-21H2,1-3H3. The second kappa shape index (κ2) is 12.6. The second-order valence-electron chi connectivity index (χ2n) is 13.5. The molecule has 3 aromatic rings. The maximum atomic E-state index is 14.0. The van der Waals surface area contributed by atoms with E-state index in [1.165, 1.54) is 0 Å². The van der Waals surface area contributed by atoms with Gasteiger partial charge < -0.3 is 24.2 Å². The van der Waals surface area contributed by atoms with Crippen LogP contribution < -0.4 is 10.7 Å². The minimum atomic E-state index is -0.451. The molecule has 44 heavy (non-hydrogen) atoms. The van der Waals surface area contributed by atoms with Gasteiger partial charge in [0.2, 0.25) is 17.5 Å². The average Bonchev–Trinajstić information content (AvgIpc) is 3.51. The highest BCUT2D eigenvalue weighted by atomic mass is 32.2. The fraction of sp³-hybridized carbons (Fsp3) is 0.576. The second-order valence-corrected chi connectivity index (χ2v) is 14.8. The molecule has 10 nitrogen and oxygen atoms in total. The van der Waals surface area contributed by atoms with E-state index in [4.69, 9.17) is 4.42 Å². The fourth-order valence-corrected chi connectivity index (χ4v) is 8.12. The summed E-state index contributed by atoms with van der Waals surface area (Å²) >= 11 is 1.59. The van der Waals surface area contributed by atoms with E-state index in [-0.39, 0.29) is 41.2 Å². The van der Waals surface area contributed by atoms with Crippen molar-refractivity contribution in [1.29, 1.82) is 0 Å². The predicted molar refractivity (Wildman–Crippen MR) is 172 cm³/mol. The van der Waals surface area contributed by atoms with Crippen LogP contribution in [0.5, 0.6) is 0 Å². The van der Waals surface area contributed by atoms with Gasteiger partial charge in [-0.15, -0.1) is 11.8 Å². The zero-order valence-corrected chi connectivity index (χ0v) is 26.7. The Labute approximate surface area is 262 Å². The summed E-state index contributed by atoms with van der Waals surface area (Å²) in [6.45, 7) is 9.79. The molecular formula is C33H43N5O5S. The highest BCUT2D eigenvalue weighted by Crippen LogP contribution is 2.48. The van der Waals surface area contributed by atoms with Gasteiger partial charge in [0, 0.05) is 62.6 Å². The van der Waals surface area contributed by atoms with Crippen LogP contribution in [0.4, 0.5) is 5.69 Å². The summed E-state index contributed by atoms with van der Waals surface area (Å²) < 4.78 is 7.00. The lowest BCUT2D eigenvalue weighted by Crippen LogP contribution is -2.42. The van der Waals surface area contributed by atoms with Gasteiger partial charge in [-0.3, -0.25) is 14.2 Å². The molecule has 3 fully saturated rings. The van der Waals surface area contributed by atoms with Crippen molar-refractivity contribution in [3.05, 3.63) is 58.7 Å². The van der Waals surface area contributed by atoms with Crippen molar-refractivity contribution >= 4 is 40.5 Å². The number of anilines is 1. The van der Waals surface area contributed by atoms with Crippen LogP contribution in [0, 0.1) is 5.41 Å². The molecule has 11 heteroatoms. The molecule has 0 spiro atoms. The third-order valence-corrected chi connectivity index (χ3v) is 10.6. The molecule has 3 aliphatic heterocycles. The normalized spacial score (nSPS) is 22.4. The summed E-state index contributed by atoms with van der Waals surface area (Å²) in [6.07, 6.45) is 5.10. The van der Waals surface area contributed by atoms with Crippen molar-refractivity contribution in [2.45, 2.75) is 82.1 Å². The smallest absolute Gasteiger partial charge is 0.393 e. The lowest BCUT2D eigenvalue weighted by molar-refractivity contribution is -0.136. The molecule has 3 aliphatic rings. The number of thioether (sulfide) groups is 1. The Kier molecular flexibility index (Phi) is 8.79. The average molecular weight is 622 g/mol. The number of aliphatic hydroxyl groups is 1. The van der Waals surface area contributed by atoms with Crippen LogP contribution in [0.3, 0.4) is 0 Å². The number of aromatic nitrogens is 2. The third kappa shape index (κ3) is 6.40. The van der Waals surface area contributed by atoms with Crippen molar-refractivity contribution in [3.8, 4) is 0 Å². The van der Waals surface area contributed by atoms with Gasteiger partial charge in [-0.25, -0.2) is 9.78 Å². The van der Waals surface area contributed by atoms with E-state index in [1.807, 2.05) is 28.0 Å². The van der Waals surface area contributed by atoms with Crippen molar-refractivity contribution < 1.29 is 19.1 Å². The molecule has 0 radical (unpaired) electrons. The molecule has 3 saturated heterocycles. The summed E-state index contributed by atoms with van der Waals surface area (Å²) in [6, 6.07) is 11.8. The SMILES string of the molecule is CC(C)(C)CCN1C(=O)C(CC(=O)N2CCC(n3c(=O)oc4ncccc43)CC2)SC1c1ccccc1N1CCC(O)CC1. The number of rotatable bonds is 7. The van der Waals surface area contributed by atoms with Gasteiger partial charge in [-0.1, -0.05) is 39.0 Å². The van der Waals surface area contributed by atoms with Crippen molar-refractivity contribution in [1.82, 2.24) is 19.4 Å². The van der Waals surface area contributed by atoms with Crippen LogP contribution >= 0.6 is 11.8 Å². The highest BCUT2D eigenvalue weighted by Gasteiger charge is 2.44. The monoisotopic (exact) mass is 621 g/mol. The number of benzene rings is 1. The topological polar surface area (TPSA) is 112 Å². The first kappa shape index (κ1) is 30.7. The van der Waals surface area contributed by atoms with Crippen molar-refractivity contribution in [2.75, 3.05) is 37.6 Å². The molecule has 2 amide bonds. The number of aliphatic hydroxyl groups excluding tert-OH is 1. The largest absolute Gasteiger partial charge is 0.421 e. The molecule has 0 aliphatic carbocycles. The number of carbonyl (C=O) groups excluding carboxylic acids is 2.